The predicted octanol–water partition coefficient (Wildman–Crippen LogP) is 4.07. The van der Waals surface area contributed by atoms with Gasteiger partial charge in [-0.05, 0) is 29.8 Å². The molecule has 0 N–H and O–H groups in total. The Labute approximate surface area is 160 Å². The maximum absolute atomic E-state index is 13.1. The van der Waals surface area contributed by atoms with Crippen LogP contribution in [0, 0.1) is 0 Å². The lowest BCUT2D eigenvalue weighted by Crippen LogP contribution is -2.15. The first-order valence-corrected chi connectivity index (χ1v) is 10.6. The Morgan fingerprint density at radius 3 is 2.30 bits per heavy atom. The molecule has 6 nitrogen and oxygen atoms in total. The summed E-state index contributed by atoms with van der Waals surface area (Å²) in [4.78, 5) is 4.56. The highest BCUT2D eigenvalue weighted by atomic mass is 32.2. The number of furan rings is 1. The van der Waals surface area contributed by atoms with Gasteiger partial charge in [0.15, 0.2) is 5.76 Å². The second-order valence-electron chi connectivity index (χ2n) is 5.63. The molecule has 0 saturated heterocycles. The fourth-order valence-electron chi connectivity index (χ4n) is 2.45. The highest BCUT2D eigenvalue weighted by Gasteiger charge is 2.25. The second-order valence-corrected chi connectivity index (χ2v) is 8.34. The molecular formula is C19H15N3O3S2. The van der Waals surface area contributed by atoms with Crippen LogP contribution in [0.2, 0.25) is 0 Å². The van der Waals surface area contributed by atoms with Crippen molar-refractivity contribution in [1.29, 1.82) is 0 Å². The molecule has 8 heteroatoms. The predicted molar refractivity (Wildman–Crippen MR) is 103 cm³/mol. The summed E-state index contributed by atoms with van der Waals surface area (Å²) in [5.41, 5.74) is 1.06. The summed E-state index contributed by atoms with van der Waals surface area (Å²) in [6.45, 7) is 0. The first-order chi connectivity index (χ1) is 13.1. The topological polar surface area (TPSA) is 78.0 Å². The number of benzene rings is 2. The van der Waals surface area contributed by atoms with E-state index in [-0.39, 0.29) is 15.9 Å². The minimum Gasteiger partial charge on any atom is -0.461 e. The Bertz CT molecular complexity index is 1120. The lowest BCUT2D eigenvalue weighted by atomic mass is 10.2. The Morgan fingerprint density at radius 1 is 0.926 bits per heavy atom. The summed E-state index contributed by atoms with van der Waals surface area (Å²) >= 11 is 1.31. The van der Waals surface area contributed by atoms with E-state index in [1.165, 1.54) is 30.2 Å². The van der Waals surface area contributed by atoms with Crippen molar-refractivity contribution in [1.82, 2.24) is 14.2 Å². The van der Waals surface area contributed by atoms with Gasteiger partial charge in [0.1, 0.15) is 0 Å². The largest absolute Gasteiger partial charge is 0.461 e. The van der Waals surface area contributed by atoms with Crippen LogP contribution >= 0.6 is 11.8 Å². The Kier molecular flexibility index (Phi) is 4.83. The van der Waals surface area contributed by atoms with Crippen molar-refractivity contribution < 1.29 is 12.8 Å². The monoisotopic (exact) mass is 397 g/mol. The zero-order valence-corrected chi connectivity index (χ0v) is 15.7. The van der Waals surface area contributed by atoms with Crippen LogP contribution in [-0.2, 0) is 15.8 Å². The van der Waals surface area contributed by atoms with E-state index in [1.807, 2.05) is 30.3 Å². The third-order valence-electron chi connectivity index (χ3n) is 3.77. The SMILES string of the molecule is O=S(=O)(c1ccccc1)n1nc(-c2ccco2)nc1SCc1ccccc1. The molecule has 4 aromatic rings. The van der Waals surface area contributed by atoms with Gasteiger partial charge in [-0.15, -0.1) is 9.19 Å². The molecule has 0 radical (unpaired) electrons. The molecule has 27 heavy (non-hydrogen) atoms. The van der Waals surface area contributed by atoms with Gasteiger partial charge in [0.05, 0.1) is 11.2 Å². The number of aromatic nitrogens is 3. The molecule has 0 spiro atoms. The molecule has 0 atom stereocenters. The molecule has 4 rings (SSSR count). The van der Waals surface area contributed by atoms with Crippen molar-refractivity contribution in [2.75, 3.05) is 0 Å². The van der Waals surface area contributed by atoms with E-state index < -0.39 is 10.0 Å². The van der Waals surface area contributed by atoms with Crippen molar-refractivity contribution in [3.05, 3.63) is 84.6 Å². The maximum Gasteiger partial charge on any atom is 0.285 e. The first-order valence-electron chi connectivity index (χ1n) is 8.13. The fourth-order valence-corrected chi connectivity index (χ4v) is 4.83. The smallest absolute Gasteiger partial charge is 0.285 e. The molecule has 0 bridgehead atoms. The number of hydrogen-bond donors (Lipinski definition) is 0. The van der Waals surface area contributed by atoms with Crippen molar-refractivity contribution in [3.8, 4) is 11.6 Å². The molecule has 0 aliphatic heterocycles. The van der Waals surface area contributed by atoms with Gasteiger partial charge in [0.2, 0.25) is 11.0 Å². The molecular weight excluding hydrogens is 382 g/mol. The summed E-state index contributed by atoms with van der Waals surface area (Å²) in [5, 5.41) is 4.50. The van der Waals surface area contributed by atoms with Gasteiger partial charge in [0, 0.05) is 5.75 Å². The van der Waals surface area contributed by atoms with Crippen LogP contribution in [0.3, 0.4) is 0 Å². The molecule has 2 aromatic heterocycles. The molecule has 0 fully saturated rings. The average molecular weight is 397 g/mol. The van der Waals surface area contributed by atoms with E-state index in [1.54, 1.807) is 30.3 Å². The third-order valence-corrected chi connectivity index (χ3v) is 6.47. The Morgan fingerprint density at radius 2 is 1.63 bits per heavy atom. The fraction of sp³-hybridized carbons (Fsp3) is 0.0526. The molecule has 2 aromatic carbocycles. The van der Waals surface area contributed by atoms with E-state index in [9.17, 15) is 8.42 Å². The van der Waals surface area contributed by atoms with E-state index in [4.69, 9.17) is 4.42 Å². The van der Waals surface area contributed by atoms with Gasteiger partial charge in [-0.1, -0.05) is 60.3 Å². The molecule has 0 aliphatic rings. The molecule has 0 unspecified atom stereocenters. The van der Waals surface area contributed by atoms with Gasteiger partial charge < -0.3 is 4.42 Å². The molecule has 136 valence electrons. The number of thioether (sulfide) groups is 1. The average Bonchev–Trinajstić information content (AvgIpc) is 3.38. The quantitative estimate of drug-likeness (QED) is 0.457. The molecule has 2 heterocycles. The summed E-state index contributed by atoms with van der Waals surface area (Å²) in [6, 6.07) is 21.4. The summed E-state index contributed by atoms with van der Waals surface area (Å²) in [6.07, 6.45) is 1.50. The normalized spacial score (nSPS) is 11.6. The minimum absolute atomic E-state index is 0.155. The zero-order chi connectivity index (χ0) is 18.7. The van der Waals surface area contributed by atoms with Crippen LogP contribution in [-0.4, -0.2) is 22.6 Å². The summed E-state index contributed by atoms with van der Waals surface area (Å²) in [5.74, 6) is 1.22. The van der Waals surface area contributed by atoms with Crippen molar-refractivity contribution in [3.63, 3.8) is 0 Å². The van der Waals surface area contributed by atoms with Gasteiger partial charge in [-0.25, -0.2) is 0 Å². The second kappa shape index (κ2) is 7.42. The van der Waals surface area contributed by atoms with E-state index >= 15 is 0 Å². The van der Waals surface area contributed by atoms with Crippen LogP contribution in [0.15, 0.2) is 93.5 Å². The van der Waals surface area contributed by atoms with Crippen molar-refractivity contribution in [2.45, 2.75) is 15.8 Å². The highest BCUT2D eigenvalue weighted by Crippen LogP contribution is 2.28. The zero-order valence-electron chi connectivity index (χ0n) is 14.1. The van der Waals surface area contributed by atoms with Crippen molar-refractivity contribution in [2.24, 2.45) is 0 Å². The van der Waals surface area contributed by atoms with Gasteiger partial charge in [-0.2, -0.15) is 13.4 Å². The van der Waals surface area contributed by atoms with Crippen molar-refractivity contribution >= 4 is 21.8 Å². The maximum atomic E-state index is 13.1. The van der Waals surface area contributed by atoms with E-state index in [0.29, 0.717) is 11.5 Å². The van der Waals surface area contributed by atoms with Gasteiger partial charge in [-0.3, -0.25) is 0 Å². The van der Waals surface area contributed by atoms with Crippen LogP contribution in [0.4, 0.5) is 0 Å². The molecule has 0 aliphatic carbocycles. The van der Waals surface area contributed by atoms with Crippen LogP contribution in [0.5, 0.6) is 0 Å². The number of nitrogens with zero attached hydrogens (tertiary/aromatic N) is 3. The van der Waals surface area contributed by atoms with E-state index in [2.05, 4.69) is 10.1 Å². The number of rotatable bonds is 6. The Balaban J connectivity index is 1.75. The lowest BCUT2D eigenvalue weighted by molar-refractivity contribution is 0.570. The van der Waals surface area contributed by atoms with Crippen LogP contribution < -0.4 is 0 Å². The standard InChI is InChI=1S/C19H15N3O3S2/c23-27(24,16-10-5-2-6-11-16)22-19(26-14-15-8-3-1-4-9-15)20-18(21-22)17-12-7-13-25-17/h1-13H,14H2. The lowest BCUT2D eigenvalue weighted by Gasteiger charge is -2.07. The van der Waals surface area contributed by atoms with E-state index in [0.717, 1.165) is 9.65 Å². The Hall–Kier alpha value is -2.84. The molecule has 0 saturated carbocycles. The van der Waals surface area contributed by atoms with Gasteiger partial charge in [0.25, 0.3) is 10.0 Å². The van der Waals surface area contributed by atoms with Gasteiger partial charge >= 0.3 is 0 Å². The minimum atomic E-state index is -3.86. The first kappa shape index (κ1) is 17.6. The highest BCUT2D eigenvalue weighted by molar-refractivity contribution is 7.99. The number of hydrogen-bond acceptors (Lipinski definition) is 6. The van der Waals surface area contributed by atoms with Crippen LogP contribution in [0.25, 0.3) is 11.6 Å². The molecule has 0 amide bonds. The van der Waals surface area contributed by atoms with Crippen LogP contribution in [0.1, 0.15) is 5.56 Å². The summed E-state index contributed by atoms with van der Waals surface area (Å²) < 4.78 is 32.4. The third kappa shape index (κ3) is 3.67. The summed E-state index contributed by atoms with van der Waals surface area (Å²) in [7, 11) is -3.86.